The maximum absolute atomic E-state index is 12.5. The molecule has 21 heavy (non-hydrogen) atoms. The number of carbonyl (C=O) groups is 2. The monoisotopic (exact) mass is 281 g/mol. The van der Waals surface area contributed by atoms with E-state index in [-0.39, 0.29) is 18.4 Å². The van der Waals surface area contributed by atoms with E-state index in [9.17, 15) is 9.59 Å². The van der Waals surface area contributed by atoms with Crippen LogP contribution in [0.15, 0.2) is 41.5 Å². The van der Waals surface area contributed by atoms with Crippen LogP contribution in [0.3, 0.4) is 0 Å². The van der Waals surface area contributed by atoms with Gasteiger partial charge in [0, 0.05) is 16.7 Å². The van der Waals surface area contributed by atoms with Crippen molar-refractivity contribution in [2.45, 2.75) is 13.8 Å². The van der Waals surface area contributed by atoms with Gasteiger partial charge in [0.05, 0.1) is 5.69 Å². The number of nitrogens with zero attached hydrogens (tertiary/aromatic N) is 2. The Hall–Kier alpha value is -2.69. The number of anilines is 1. The fourth-order valence-corrected chi connectivity index (χ4v) is 2.49. The first-order valence-electron chi connectivity index (χ1n) is 6.71. The summed E-state index contributed by atoms with van der Waals surface area (Å²) in [4.78, 5) is 25.9. The van der Waals surface area contributed by atoms with Crippen LogP contribution in [0.2, 0.25) is 0 Å². The second-order valence-electron chi connectivity index (χ2n) is 5.17. The van der Waals surface area contributed by atoms with Crippen molar-refractivity contribution in [3.05, 3.63) is 42.0 Å². The van der Waals surface area contributed by atoms with E-state index >= 15 is 0 Å². The highest BCUT2D eigenvalue weighted by molar-refractivity contribution is 6.26. The SMILES string of the molecule is CC(C)=NNC(=O)CN1C(=O)c2cccc3cccc1c23. The summed E-state index contributed by atoms with van der Waals surface area (Å²) in [5, 5.41) is 5.78. The molecular formula is C16H15N3O2. The van der Waals surface area contributed by atoms with Gasteiger partial charge in [-0.1, -0.05) is 24.3 Å². The van der Waals surface area contributed by atoms with Gasteiger partial charge < -0.3 is 0 Å². The molecule has 1 aliphatic rings. The zero-order valence-corrected chi connectivity index (χ0v) is 11.9. The van der Waals surface area contributed by atoms with E-state index < -0.39 is 0 Å². The van der Waals surface area contributed by atoms with Crippen LogP contribution in [0.1, 0.15) is 24.2 Å². The standard InChI is InChI=1S/C16H15N3O2/c1-10(2)17-18-14(20)9-19-13-8-4-6-11-5-3-7-12(15(11)13)16(19)21/h3-8H,9H2,1-2H3,(H,18,20). The molecule has 5 nitrogen and oxygen atoms in total. The molecule has 5 heteroatoms. The summed E-state index contributed by atoms with van der Waals surface area (Å²) in [6.45, 7) is 3.54. The summed E-state index contributed by atoms with van der Waals surface area (Å²) in [5.74, 6) is -0.455. The lowest BCUT2D eigenvalue weighted by molar-refractivity contribution is -0.119. The van der Waals surface area contributed by atoms with Crippen molar-refractivity contribution >= 4 is 34.0 Å². The summed E-state index contributed by atoms with van der Waals surface area (Å²) in [6.07, 6.45) is 0. The van der Waals surface area contributed by atoms with Gasteiger partial charge in [-0.2, -0.15) is 5.10 Å². The Kier molecular flexibility index (Phi) is 3.17. The molecule has 0 bridgehead atoms. The first-order chi connectivity index (χ1) is 10.1. The Morgan fingerprint density at radius 2 is 1.90 bits per heavy atom. The van der Waals surface area contributed by atoms with Crippen molar-refractivity contribution in [3.8, 4) is 0 Å². The van der Waals surface area contributed by atoms with Crippen LogP contribution in [0.4, 0.5) is 5.69 Å². The maximum Gasteiger partial charge on any atom is 0.260 e. The first-order valence-corrected chi connectivity index (χ1v) is 6.71. The molecule has 2 amide bonds. The molecule has 2 aromatic rings. The van der Waals surface area contributed by atoms with Crippen molar-refractivity contribution in [2.75, 3.05) is 11.4 Å². The molecule has 1 aliphatic heterocycles. The molecule has 0 saturated carbocycles. The third kappa shape index (κ3) is 2.27. The van der Waals surface area contributed by atoms with E-state index in [1.54, 1.807) is 19.9 Å². The Labute approximate surface area is 122 Å². The van der Waals surface area contributed by atoms with E-state index in [2.05, 4.69) is 10.5 Å². The van der Waals surface area contributed by atoms with Crippen molar-refractivity contribution in [1.29, 1.82) is 0 Å². The van der Waals surface area contributed by atoms with E-state index in [1.165, 1.54) is 4.90 Å². The molecule has 1 N–H and O–H groups in total. The number of rotatable bonds is 3. The van der Waals surface area contributed by atoms with Crippen LogP contribution in [0, 0.1) is 0 Å². The fraction of sp³-hybridized carbons (Fsp3) is 0.188. The highest BCUT2D eigenvalue weighted by atomic mass is 16.2. The third-order valence-electron chi connectivity index (χ3n) is 3.35. The third-order valence-corrected chi connectivity index (χ3v) is 3.35. The van der Waals surface area contributed by atoms with Gasteiger partial charge in [-0.05, 0) is 31.4 Å². The maximum atomic E-state index is 12.5. The lowest BCUT2D eigenvalue weighted by Crippen LogP contribution is -2.37. The molecule has 0 aromatic heterocycles. The highest BCUT2D eigenvalue weighted by Crippen LogP contribution is 2.36. The average Bonchev–Trinajstić information content (AvgIpc) is 2.73. The van der Waals surface area contributed by atoms with Crippen molar-refractivity contribution in [3.63, 3.8) is 0 Å². The van der Waals surface area contributed by atoms with Gasteiger partial charge in [0.15, 0.2) is 0 Å². The summed E-state index contributed by atoms with van der Waals surface area (Å²) < 4.78 is 0. The second-order valence-corrected chi connectivity index (χ2v) is 5.17. The molecule has 2 aromatic carbocycles. The number of benzene rings is 2. The van der Waals surface area contributed by atoms with Gasteiger partial charge in [-0.25, -0.2) is 5.43 Å². The van der Waals surface area contributed by atoms with E-state index in [0.29, 0.717) is 5.56 Å². The average molecular weight is 281 g/mol. The molecule has 0 unspecified atom stereocenters. The van der Waals surface area contributed by atoms with Crippen LogP contribution in [-0.4, -0.2) is 24.1 Å². The van der Waals surface area contributed by atoms with Gasteiger partial charge in [0.25, 0.3) is 11.8 Å². The Morgan fingerprint density at radius 3 is 2.62 bits per heavy atom. The molecule has 1 heterocycles. The minimum atomic E-state index is -0.311. The van der Waals surface area contributed by atoms with Crippen LogP contribution in [0.5, 0.6) is 0 Å². The number of carbonyl (C=O) groups excluding carboxylic acids is 2. The van der Waals surface area contributed by atoms with Crippen LogP contribution in [0.25, 0.3) is 10.8 Å². The minimum absolute atomic E-state index is 0.0383. The van der Waals surface area contributed by atoms with Gasteiger partial charge in [0.2, 0.25) is 0 Å². The van der Waals surface area contributed by atoms with E-state index in [0.717, 1.165) is 22.2 Å². The molecule has 0 aliphatic carbocycles. The van der Waals surface area contributed by atoms with Crippen LogP contribution >= 0.6 is 0 Å². The smallest absolute Gasteiger partial charge is 0.260 e. The predicted octanol–water partition coefficient (Wildman–Crippen LogP) is 2.31. The molecule has 0 atom stereocenters. The summed E-state index contributed by atoms with van der Waals surface area (Å²) >= 11 is 0. The lowest BCUT2D eigenvalue weighted by Gasteiger charge is -2.16. The molecule has 0 saturated heterocycles. The number of nitrogens with one attached hydrogen (secondary N) is 1. The molecule has 0 radical (unpaired) electrons. The minimum Gasteiger partial charge on any atom is -0.298 e. The molecule has 106 valence electrons. The van der Waals surface area contributed by atoms with Gasteiger partial charge >= 0.3 is 0 Å². The van der Waals surface area contributed by atoms with E-state index in [4.69, 9.17) is 0 Å². The zero-order valence-electron chi connectivity index (χ0n) is 11.9. The molecule has 0 spiro atoms. The van der Waals surface area contributed by atoms with Gasteiger partial charge in [-0.3, -0.25) is 14.5 Å². The van der Waals surface area contributed by atoms with Gasteiger partial charge in [-0.15, -0.1) is 0 Å². The highest BCUT2D eigenvalue weighted by Gasteiger charge is 2.30. The Morgan fingerprint density at radius 1 is 1.19 bits per heavy atom. The molecule has 0 fully saturated rings. The number of hydrogen-bond donors (Lipinski definition) is 1. The summed E-state index contributed by atoms with van der Waals surface area (Å²) in [7, 11) is 0. The van der Waals surface area contributed by atoms with Gasteiger partial charge in [0.1, 0.15) is 6.54 Å². The quantitative estimate of drug-likeness (QED) is 0.693. The number of hydrogen-bond acceptors (Lipinski definition) is 3. The first kappa shape index (κ1) is 13.3. The number of hydrazone groups is 1. The van der Waals surface area contributed by atoms with E-state index in [1.807, 2.05) is 30.3 Å². The largest absolute Gasteiger partial charge is 0.298 e. The zero-order chi connectivity index (χ0) is 15.0. The summed E-state index contributed by atoms with van der Waals surface area (Å²) in [6, 6.07) is 11.3. The Bertz CT molecular complexity index is 771. The van der Waals surface area contributed by atoms with Crippen LogP contribution in [-0.2, 0) is 4.79 Å². The second kappa shape index (κ2) is 5.01. The summed E-state index contributed by atoms with van der Waals surface area (Å²) in [5.41, 5.74) is 4.62. The van der Waals surface area contributed by atoms with Crippen molar-refractivity contribution in [1.82, 2.24) is 5.43 Å². The normalized spacial score (nSPS) is 12.7. The van der Waals surface area contributed by atoms with Crippen molar-refractivity contribution < 1.29 is 9.59 Å². The predicted molar refractivity (Wildman–Crippen MR) is 82.6 cm³/mol. The Balaban J connectivity index is 1.93. The van der Waals surface area contributed by atoms with Crippen molar-refractivity contribution in [2.24, 2.45) is 5.10 Å². The molecular weight excluding hydrogens is 266 g/mol. The molecule has 3 rings (SSSR count). The lowest BCUT2D eigenvalue weighted by atomic mass is 10.1. The number of amides is 2. The fourth-order valence-electron chi connectivity index (χ4n) is 2.49. The van der Waals surface area contributed by atoms with Crippen LogP contribution < -0.4 is 10.3 Å². The topological polar surface area (TPSA) is 61.8 Å².